The van der Waals surface area contributed by atoms with E-state index in [9.17, 15) is 18.8 Å². The van der Waals surface area contributed by atoms with Crippen LogP contribution in [0.1, 0.15) is 42.1 Å². The maximum Gasteiger partial charge on any atom is 0.338 e. The highest BCUT2D eigenvalue weighted by molar-refractivity contribution is 5.92. The topological polar surface area (TPSA) is 97.0 Å². The number of ether oxygens (including phenoxy) is 2. The van der Waals surface area contributed by atoms with Crippen molar-refractivity contribution in [2.45, 2.75) is 32.8 Å². The molecule has 2 N–H and O–H groups in total. The Kier molecular flexibility index (Phi) is 10.0. The molecule has 1 saturated heterocycles. The van der Waals surface area contributed by atoms with Gasteiger partial charge in [0.15, 0.2) is 0 Å². The average molecular weight is 486 g/mol. The number of likely N-dealkylation sites (tertiary alicyclic amines) is 1. The number of hydrogen-bond acceptors (Lipinski definition) is 5. The molecular weight excluding hydrogens is 453 g/mol. The smallest absolute Gasteiger partial charge is 0.338 e. The van der Waals surface area contributed by atoms with Gasteiger partial charge in [-0.3, -0.25) is 4.79 Å². The van der Waals surface area contributed by atoms with Crippen molar-refractivity contribution in [3.63, 3.8) is 0 Å². The third-order valence-corrected chi connectivity index (χ3v) is 5.84. The molecule has 2 aromatic carbocycles. The number of anilines is 1. The van der Waals surface area contributed by atoms with Gasteiger partial charge in [0.1, 0.15) is 12.4 Å². The molecule has 0 saturated carbocycles. The van der Waals surface area contributed by atoms with E-state index in [-0.39, 0.29) is 36.9 Å². The summed E-state index contributed by atoms with van der Waals surface area (Å²) in [6.07, 6.45) is 2.58. The normalized spacial score (nSPS) is 13.8. The van der Waals surface area contributed by atoms with Gasteiger partial charge in [-0.05, 0) is 74.1 Å². The molecule has 2 aromatic rings. The number of hydrogen-bond donors (Lipinski definition) is 2. The first kappa shape index (κ1) is 26.2. The minimum absolute atomic E-state index is 0.0449. The van der Waals surface area contributed by atoms with Gasteiger partial charge in [-0.1, -0.05) is 12.1 Å². The second kappa shape index (κ2) is 13.4. The van der Waals surface area contributed by atoms with E-state index in [1.807, 2.05) is 0 Å². The van der Waals surface area contributed by atoms with Crippen molar-refractivity contribution in [3.05, 3.63) is 65.5 Å². The van der Waals surface area contributed by atoms with E-state index in [4.69, 9.17) is 9.47 Å². The summed E-state index contributed by atoms with van der Waals surface area (Å²) >= 11 is 0. The number of halogens is 1. The Hall–Kier alpha value is -3.46. The largest absolute Gasteiger partial charge is 0.462 e. The number of benzene rings is 2. The Labute approximate surface area is 204 Å². The van der Waals surface area contributed by atoms with Crippen molar-refractivity contribution in [2.75, 3.05) is 38.2 Å². The van der Waals surface area contributed by atoms with Gasteiger partial charge in [-0.2, -0.15) is 0 Å². The van der Waals surface area contributed by atoms with Crippen molar-refractivity contribution < 1.29 is 28.2 Å². The molecular formula is C26H32FN3O5. The summed E-state index contributed by atoms with van der Waals surface area (Å²) in [5.41, 5.74) is 1.87. The van der Waals surface area contributed by atoms with Crippen LogP contribution < -0.4 is 10.6 Å². The zero-order chi connectivity index (χ0) is 25.0. The summed E-state index contributed by atoms with van der Waals surface area (Å²) in [5, 5.41) is 5.72. The van der Waals surface area contributed by atoms with Gasteiger partial charge >= 0.3 is 12.0 Å². The Bertz CT molecular complexity index is 973. The van der Waals surface area contributed by atoms with E-state index < -0.39 is 0 Å². The fourth-order valence-electron chi connectivity index (χ4n) is 3.84. The molecule has 0 spiro atoms. The number of piperidine rings is 1. The van der Waals surface area contributed by atoms with E-state index >= 15 is 0 Å². The molecule has 1 heterocycles. The highest BCUT2D eigenvalue weighted by atomic mass is 19.1. The average Bonchev–Trinajstić information content (AvgIpc) is 2.86. The molecule has 3 rings (SSSR count). The minimum atomic E-state index is -0.388. The number of esters is 1. The van der Waals surface area contributed by atoms with Gasteiger partial charge in [-0.15, -0.1) is 0 Å². The van der Waals surface area contributed by atoms with E-state index in [0.29, 0.717) is 43.4 Å². The van der Waals surface area contributed by atoms with Crippen molar-refractivity contribution in [1.29, 1.82) is 0 Å². The Morgan fingerprint density at radius 2 is 1.71 bits per heavy atom. The molecule has 0 aliphatic carbocycles. The van der Waals surface area contributed by atoms with Crippen LogP contribution in [0.3, 0.4) is 0 Å². The molecule has 188 valence electrons. The van der Waals surface area contributed by atoms with Crippen LogP contribution in [0.2, 0.25) is 0 Å². The van der Waals surface area contributed by atoms with Crippen molar-refractivity contribution in [3.8, 4) is 0 Å². The summed E-state index contributed by atoms with van der Waals surface area (Å²) in [4.78, 5) is 38.0. The number of nitrogens with one attached hydrogen (secondary N) is 2. The molecule has 0 unspecified atom stereocenters. The summed E-state index contributed by atoms with van der Waals surface area (Å²) < 4.78 is 23.2. The van der Waals surface area contributed by atoms with Gasteiger partial charge in [-0.25, -0.2) is 14.0 Å². The fraction of sp³-hybridized carbons (Fsp3) is 0.423. The van der Waals surface area contributed by atoms with Crippen LogP contribution in [0.15, 0.2) is 48.5 Å². The van der Waals surface area contributed by atoms with Crippen molar-refractivity contribution in [1.82, 2.24) is 10.2 Å². The van der Waals surface area contributed by atoms with Crippen LogP contribution in [-0.2, 0) is 20.9 Å². The van der Waals surface area contributed by atoms with Crippen LogP contribution in [0.4, 0.5) is 14.9 Å². The number of nitrogens with zero attached hydrogens (tertiary/aromatic N) is 1. The predicted molar refractivity (Wildman–Crippen MR) is 129 cm³/mol. The first-order valence-corrected chi connectivity index (χ1v) is 11.9. The highest BCUT2D eigenvalue weighted by Gasteiger charge is 2.23. The summed E-state index contributed by atoms with van der Waals surface area (Å²) in [5.74, 6) is -0.442. The summed E-state index contributed by atoms with van der Waals surface area (Å²) in [7, 11) is 0. The van der Waals surface area contributed by atoms with Gasteiger partial charge < -0.3 is 25.0 Å². The lowest BCUT2D eigenvalue weighted by Crippen LogP contribution is -2.41. The molecule has 0 aromatic heterocycles. The number of rotatable bonds is 10. The number of carbonyl (C=O) groups excluding carboxylic acids is 3. The quantitative estimate of drug-likeness (QED) is 0.497. The van der Waals surface area contributed by atoms with E-state index in [0.717, 1.165) is 24.8 Å². The molecule has 3 amide bonds. The SMILES string of the molecule is CCOC(=O)c1ccc(NC(=O)N2CCC(CCNC(=O)COCc3ccc(F)cc3)CC2)cc1. The third kappa shape index (κ3) is 8.68. The van der Waals surface area contributed by atoms with Crippen LogP contribution in [-0.4, -0.2) is 55.7 Å². The summed E-state index contributed by atoms with van der Waals surface area (Å²) in [6, 6.07) is 12.4. The van der Waals surface area contributed by atoms with E-state index in [2.05, 4.69) is 10.6 Å². The summed E-state index contributed by atoms with van der Waals surface area (Å²) in [6.45, 7) is 4.12. The molecule has 9 heteroatoms. The monoisotopic (exact) mass is 485 g/mol. The van der Waals surface area contributed by atoms with Crippen molar-refractivity contribution >= 4 is 23.6 Å². The number of urea groups is 1. The number of carbonyl (C=O) groups is 3. The standard InChI is InChI=1S/C26H32FN3O5/c1-2-35-25(32)21-5-9-23(10-6-21)29-26(33)30-15-12-19(13-16-30)11-14-28-24(31)18-34-17-20-3-7-22(27)8-4-20/h3-10,19H,2,11-18H2,1H3,(H,28,31)(H,29,33). The molecule has 1 aliphatic heterocycles. The maximum atomic E-state index is 12.9. The van der Waals surface area contributed by atoms with Gasteiger partial charge in [0.05, 0.1) is 18.8 Å². The Balaban J connectivity index is 1.28. The van der Waals surface area contributed by atoms with Gasteiger partial charge in [0.25, 0.3) is 0 Å². The minimum Gasteiger partial charge on any atom is -0.462 e. The zero-order valence-electron chi connectivity index (χ0n) is 19.9. The molecule has 0 radical (unpaired) electrons. The Morgan fingerprint density at radius 1 is 1.03 bits per heavy atom. The van der Waals surface area contributed by atoms with Crippen LogP contribution in [0.25, 0.3) is 0 Å². The first-order valence-electron chi connectivity index (χ1n) is 11.9. The zero-order valence-corrected chi connectivity index (χ0v) is 19.9. The lowest BCUT2D eigenvalue weighted by molar-refractivity contribution is -0.126. The number of amides is 3. The molecule has 1 fully saturated rings. The lowest BCUT2D eigenvalue weighted by Gasteiger charge is -2.32. The molecule has 35 heavy (non-hydrogen) atoms. The molecule has 1 aliphatic rings. The van der Waals surface area contributed by atoms with Gasteiger partial charge in [0, 0.05) is 25.3 Å². The third-order valence-electron chi connectivity index (χ3n) is 5.84. The van der Waals surface area contributed by atoms with Crippen molar-refractivity contribution in [2.24, 2.45) is 5.92 Å². The highest BCUT2D eigenvalue weighted by Crippen LogP contribution is 2.21. The van der Waals surface area contributed by atoms with Gasteiger partial charge in [0.2, 0.25) is 5.91 Å². The second-order valence-electron chi connectivity index (χ2n) is 8.42. The fourth-order valence-corrected chi connectivity index (χ4v) is 3.84. The van der Waals surface area contributed by atoms with Crippen LogP contribution in [0.5, 0.6) is 0 Å². The predicted octanol–water partition coefficient (Wildman–Crippen LogP) is 3.97. The molecule has 0 bridgehead atoms. The first-order chi connectivity index (χ1) is 16.9. The van der Waals surface area contributed by atoms with E-state index in [1.165, 1.54) is 12.1 Å². The van der Waals surface area contributed by atoms with Crippen LogP contribution >= 0.6 is 0 Å². The molecule has 0 atom stereocenters. The Morgan fingerprint density at radius 3 is 2.37 bits per heavy atom. The van der Waals surface area contributed by atoms with Crippen LogP contribution in [0, 0.1) is 11.7 Å². The van der Waals surface area contributed by atoms with E-state index in [1.54, 1.807) is 48.2 Å². The maximum absolute atomic E-state index is 12.9. The second-order valence-corrected chi connectivity index (χ2v) is 8.42. The lowest BCUT2D eigenvalue weighted by atomic mass is 9.94. The molecule has 8 nitrogen and oxygen atoms in total.